The number of nitrogens with one attached hydrogen (secondary N) is 1. The summed E-state index contributed by atoms with van der Waals surface area (Å²) in [6.45, 7) is 4.63. The summed E-state index contributed by atoms with van der Waals surface area (Å²) < 4.78 is 10.5. The van der Waals surface area contributed by atoms with Gasteiger partial charge in [-0.3, -0.25) is 4.79 Å². The molecule has 22 heavy (non-hydrogen) atoms. The quantitative estimate of drug-likeness (QED) is 0.878. The number of carbonyl (C=O) groups is 1. The van der Waals surface area contributed by atoms with E-state index in [2.05, 4.69) is 12.2 Å². The van der Waals surface area contributed by atoms with Crippen LogP contribution < -0.4 is 14.8 Å². The Morgan fingerprint density at radius 2 is 2.09 bits per heavy atom. The maximum atomic E-state index is 12.2. The summed E-state index contributed by atoms with van der Waals surface area (Å²) in [6, 6.07) is 5.66. The van der Waals surface area contributed by atoms with Gasteiger partial charge in [-0.05, 0) is 30.9 Å². The molecule has 1 atom stereocenters. The van der Waals surface area contributed by atoms with Crippen LogP contribution in [-0.4, -0.2) is 44.7 Å². The standard InChI is InChI=1S/C17H26N2O3/c1-13-5-4-10-19(12-13)17(20)8-9-18-14-6-7-15(21-2)16(11-14)22-3/h6-7,11,13,18H,4-5,8-10,12H2,1-3H3. The zero-order chi connectivity index (χ0) is 15.9. The Balaban J connectivity index is 1.82. The fourth-order valence-electron chi connectivity index (χ4n) is 2.83. The maximum absolute atomic E-state index is 12.2. The second-order valence-electron chi connectivity index (χ2n) is 5.83. The van der Waals surface area contributed by atoms with E-state index in [0.717, 1.165) is 25.2 Å². The first-order valence-electron chi connectivity index (χ1n) is 7.87. The van der Waals surface area contributed by atoms with Crippen LogP contribution in [0.3, 0.4) is 0 Å². The summed E-state index contributed by atoms with van der Waals surface area (Å²) in [4.78, 5) is 14.2. The highest BCUT2D eigenvalue weighted by molar-refractivity contribution is 5.76. The van der Waals surface area contributed by atoms with Crippen molar-refractivity contribution in [1.82, 2.24) is 4.90 Å². The van der Waals surface area contributed by atoms with Gasteiger partial charge in [0, 0.05) is 37.8 Å². The second-order valence-corrected chi connectivity index (χ2v) is 5.83. The molecule has 0 bridgehead atoms. The van der Waals surface area contributed by atoms with Gasteiger partial charge in [0.15, 0.2) is 11.5 Å². The summed E-state index contributed by atoms with van der Waals surface area (Å²) in [6.07, 6.45) is 2.87. The second kappa shape index (κ2) is 7.92. The van der Waals surface area contributed by atoms with Gasteiger partial charge >= 0.3 is 0 Å². The maximum Gasteiger partial charge on any atom is 0.224 e. The average Bonchev–Trinajstić information content (AvgIpc) is 2.54. The molecule has 1 aliphatic rings. The molecule has 1 fully saturated rings. The first-order valence-corrected chi connectivity index (χ1v) is 7.87. The first-order chi connectivity index (χ1) is 10.6. The Bertz CT molecular complexity index is 505. The zero-order valence-electron chi connectivity index (χ0n) is 13.7. The van der Waals surface area contributed by atoms with Gasteiger partial charge in [-0.2, -0.15) is 0 Å². The zero-order valence-corrected chi connectivity index (χ0v) is 13.7. The van der Waals surface area contributed by atoms with E-state index in [9.17, 15) is 4.79 Å². The SMILES string of the molecule is COc1ccc(NCCC(=O)N2CCCC(C)C2)cc1OC. The molecular weight excluding hydrogens is 280 g/mol. The highest BCUT2D eigenvalue weighted by atomic mass is 16.5. The van der Waals surface area contributed by atoms with Gasteiger partial charge in [0.1, 0.15) is 0 Å². The molecule has 1 aliphatic heterocycles. The lowest BCUT2D eigenvalue weighted by Gasteiger charge is -2.31. The lowest BCUT2D eigenvalue weighted by molar-refractivity contribution is -0.132. The number of likely N-dealkylation sites (tertiary alicyclic amines) is 1. The molecule has 1 unspecified atom stereocenters. The lowest BCUT2D eigenvalue weighted by Crippen LogP contribution is -2.39. The third kappa shape index (κ3) is 4.29. The third-order valence-electron chi connectivity index (χ3n) is 4.06. The minimum Gasteiger partial charge on any atom is -0.493 e. The summed E-state index contributed by atoms with van der Waals surface area (Å²) in [7, 11) is 3.23. The number of methoxy groups -OCH3 is 2. The van der Waals surface area contributed by atoms with Crippen LogP contribution in [0.25, 0.3) is 0 Å². The number of hydrogen-bond donors (Lipinski definition) is 1. The largest absolute Gasteiger partial charge is 0.493 e. The van der Waals surface area contributed by atoms with E-state index in [1.807, 2.05) is 23.1 Å². The van der Waals surface area contributed by atoms with Crippen molar-refractivity contribution in [2.45, 2.75) is 26.2 Å². The van der Waals surface area contributed by atoms with E-state index in [1.165, 1.54) is 6.42 Å². The Labute approximate surface area is 132 Å². The molecule has 0 saturated carbocycles. The minimum atomic E-state index is 0.236. The van der Waals surface area contributed by atoms with Crippen LogP contribution in [-0.2, 0) is 4.79 Å². The van der Waals surface area contributed by atoms with E-state index >= 15 is 0 Å². The van der Waals surface area contributed by atoms with E-state index in [1.54, 1.807) is 14.2 Å². The topological polar surface area (TPSA) is 50.8 Å². The smallest absolute Gasteiger partial charge is 0.224 e. The van der Waals surface area contributed by atoms with Gasteiger partial charge in [0.2, 0.25) is 5.91 Å². The number of amides is 1. The van der Waals surface area contributed by atoms with Crippen molar-refractivity contribution < 1.29 is 14.3 Å². The van der Waals surface area contributed by atoms with Crippen LogP contribution in [0.5, 0.6) is 11.5 Å². The molecule has 5 nitrogen and oxygen atoms in total. The Morgan fingerprint density at radius 3 is 2.77 bits per heavy atom. The number of hydrogen-bond acceptors (Lipinski definition) is 4. The van der Waals surface area contributed by atoms with Gasteiger partial charge in [-0.25, -0.2) is 0 Å². The van der Waals surface area contributed by atoms with Crippen molar-refractivity contribution in [3.63, 3.8) is 0 Å². The summed E-state index contributed by atoms with van der Waals surface area (Å²) in [5.74, 6) is 2.24. The molecular formula is C17H26N2O3. The van der Waals surface area contributed by atoms with Crippen LogP contribution in [0.2, 0.25) is 0 Å². The number of nitrogens with zero attached hydrogens (tertiary/aromatic N) is 1. The number of benzene rings is 1. The predicted octanol–water partition coefficient (Wildman–Crippen LogP) is 2.76. The Hall–Kier alpha value is -1.91. The van der Waals surface area contributed by atoms with Gasteiger partial charge in [-0.1, -0.05) is 6.92 Å². The molecule has 0 aliphatic carbocycles. The monoisotopic (exact) mass is 306 g/mol. The van der Waals surface area contributed by atoms with Crippen molar-refractivity contribution >= 4 is 11.6 Å². The summed E-state index contributed by atoms with van der Waals surface area (Å²) in [5, 5.41) is 3.27. The number of piperidine rings is 1. The highest BCUT2D eigenvalue weighted by Gasteiger charge is 2.20. The lowest BCUT2D eigenvalue weighted by atomic mass is 10.00. The molecule has 122 valence electrons. The van der Waals surface area contributed by atoms with Crippen LogP contribution in [0.4, 0.5) is 5.69 Å². The molecule has 1 saturated heterocycles. The molecule has 1 N–H and O–H groups in total. The fourth-order valence-corrected chi connectivity index (χ4v) is 2.83. The molecule has 1 heterocycles. The molecule has 1 aromatic rings. The number of carbonyl (C=O) groups excluding carboxylic acids is 1. The van der Waals surface area contributed by atoms with Crippen molar-refractivity contribution in [3.8, 4) is 11.5 Å². The Morgan fingerprint density at radius 1 is 1.32 bits per heavy atom. The van der Waals surface area contributed by atoms with Gasteiger partial charge in [-0.15, -0.1) is 0 Å². The van der Waals surface area contributed by atoms with E-state index < -0.39 is 0 Å². The average molecular weight is 306 g/mol. The number of anilines is 1. The molecule has 5 heteroatoms. The van der Waals surface area contributed by atoms with Crippen molar-refractivity contribution in [2.75, 3.05) is 39.2 Å². The van der Waals surface area contributed by atoms with E-state index in [-0.39, 0.29) is 5.91 Å². The number of rotatable bonds is 6. The third-order valence-corrected chi connectivity index (χ3v) is 4.06. The summed E-state index contributed by atoms with van der Waals surface area (Å²) in [5.41, 5.74) is 0.928. The molecule has 0 aromatic heterocycles. The normalized spacial score (nSPS) is 18.0. The molecule has 1 aromatic carbocycles. The van der Waals surface area contributed by atoms with Crippen molar-refractivity contribution in [2.24, 2.45) is 5.92 Å². The molecule has 2 rings (SSSR count). The predicted molar refractivity (Wildman–Crippen MR) is 87.6 cm³/mol. The van der Waals surface area contributed by atoms with Gasteiger partial charge < -0.3 is 19.7 Å². The van der Waals surface area contributed by atoms with Crippen LogP contribution in [0, 0.1) is 5.92 Å². The number of ether oxygens (including phenoxy) is 2. The first kappa shape index (κ1) is 16.5. The Kier molecular flexibility index (Phi) is 5.92. The van der Waals surface area contributed by atoms with E-state index in [4.69, 9.17) is 9.47 Å². The highest BCUT2D eigenvalue weighted by Crippen LogP contribution is 2.29. The minimum absolute atomic E-state index is 0.236. The van der Waals surface area contributed by atoms with Crippen LogP contribution >= 0.6 is 0 Å². The summed E-state index contributed by atoms with van der Waals surface area (Å²) >= 11 is 0. The molecule has 0 spiro atoms. The van der Waals surface area contributed by atoms with Gasteiger partial charge in [0.05, 0.1) is 14.2 Å². The van der Waals surface area contributed by atoms with Gasteiger partial charge in [0.25, 0.3) is 0 Å². The molecule has 1 amide bonds. The fraction of sp³-hybridized carbons (Fsp3) is 0.588. The van der Waals surface area contributed by atoms with Crippen molar-refractivity contribution in [1.29, 1.82) is 0 Å². The van der Waals surface area contributed by atoms with Crippen LogP contribution in [0.15, 0.2) is 18.2 Å². The van der Waals surface area contributed by atoms with Crippen molar-refractivity contribution in [3.05, 3.63) is 18.2 Å². The van der Waals surface area contributed by atoms with E-state index in [0.29, 0.717) is 30.4 Å². The van der Waals surface area contributed by atoms with Crippen LogP contribution in [0.1, 0.15) is 26.2 Å². The molecule has 0 radical (unpaired) electrons.